The van der Waals surface area contributed by atoms with Crippen LogP contribution in [-0.2, 0) is 16.0 Å². The summed E-state index contributed by atoms with van der Waals surface area (Å²) >= 11 is 10.7. The molecule has 1 fully saturated rings. The van der Waals surface area contributed by atoms with Gasteiger partial charge in [0.1, 0.15) is 17.6 Å². The number of thiazole rings is 1. The third kappa shape index (κ3) is 4.23. The SMILES string of the molecule is COc1cc(C2/C(=C(/O)c3ccc4c(c3)CC(C)O4)C(=O)C(=O)N2c2nc3ccc(Cl)cc3s2)cc(Br)c1O. The first-order valence-electron chi connectivity index (χ1n) is 11.9. The Labute approximate surface area is 240 Å². The zero-order chi connectivity index (χ0) is 27.6. The molecular weight excluding hydrogens is 608 g/mol. The molecule has 198 valence electrons. The molecule has 4 aromatic rings. The number of halogens is 2. The average Bonchev–Trinajstić information content (AvgIpc) is 3.57. The first kappa shape index (κ1) is 25.7. The predicted molar refractivity (Wildman–Crippen MR) is 152 cm³/mol. The predicted octanol–water partition coefficient (Wildman–Crippen LogP) is 6.38. The van der Waals surface area contributed by atoms with E-state index in [0.29, 0.717) is 32.6 Å². The van der Waals surface area contributed by atoms with Crippen molar-refractivity contribution in [3.05, 3.63) is 80.3 Å². The second-order valence-electron chi connectivity index (χ2n) is 9.29. The highest BCUT2D eigenvalue weighted by atomic mass is 79.9. The summed E-state index contributed by atoms with van der Waals surface area (Å²) in [6.45, 7) is 1.95. The molecule has 0 spiro atoms. The van der Waals surface area contributed by atoms with Crippen molar-refractivity contribution in [2.75, 3.05) is 12.0 Å². The molecule has 3 aromatic carbocycles. The normalized spacial score (nSPS) is 19.9. The van der Waals surface area contributed by atoms with E-state index < -0.39 is 17.7 Å². The highest BCUT2D eigenvalue weighted by molar-refractivity contribution is 9.10. The number of aliphatic hydroxyl groups is 1. The van der Waals surface area contributed by atoms with Crippen molar-refractivity contribution >= 4 is 71.7 Å². The lowest BCUT2D eigenvalue weighted by Gasteiger charge is -2.24. The number of ether oxygens (including phenoxy) is 2. The molecule has 1 amide bonds. The number of aromatic hydroxyl groups is 1. The van der Waals surface area contributed by atoms with Crippen molar-refractivity contribution in [1.82, 2.24) is 4.98 Å². The molecule has 0 bridgehead atoms. The first-order chi connectivity index (χ1) is 18.7. The number of phenols is 1. The van der Waals surface area contributed by atoms with Crippen LogP contribution < -0.4 is 14.4 Å². The van der Waals surface area contributed by atoms with Gasteiger partial charge in [0.25, 0.3) is 5.78 Å². The second-order valence-corrected chi connectivity index (χ2v) is 11.6. The zero-order valence-corrected chi connectivity index (χ0v) is 23.7. The minimum absolute atomic E-state index is 0.00248. The number of methoxy groups -OCH3 is 1. The summed E-state index contributed by atoms with van der Waals surface area (Å²) < 4.78 is 12.1. The quantitative estimate of drug-likeness (QED) is 0.154. The van der Waals surface area contributed by atoms with Gasteiger partial charge < -0.3 is 19.7 Å². The van der Waals surface area contributed by atoms with Crippen LogP contribution in [0.2, 0.25) is 5.02 Å². The maximum atomic E-state index is 13.6. The Bertz CT molecular complexity index is 1730. The number of phenolic OH excluding ortho intramolecular Hbond substituents is 1. The van der Waals surface area contributed by atoms with Gasteiger partial charge in [0.2, 0.25) is 0 Å². The van der Waals surface area contributed by atoms with E-state index in [1.807, 2.05) is 6.92 Å². The summed E-state index contributed by atoms with van der Waals surface area (Å²) in [4.78, 5) is 33.0. The van der Waals surface area contributed by atoms with E-state index >= 15 is 0 Å². The molecule has 0 saturated carbocycles. The molecule has 2 atom stereocenters. The fraction of sp³-hybridized carbons (Fsp3) is 0.179. The third-order valence-corrected chi connectivity index (χ3v) is 8.60. The lowest BCUT2D eigenvalue weighted by atomic mass is 9.94. The highest BCUT2D eigenvalue weighted by Gasteiger charge is 2.48. The number of benzene rings is 3. The lowest BCUT2D eigenvalue weighted by Crippen LogP contribution is -2.29. The van der Waals surface area contributed by atoms with E-state index in [2.05, 4.69) is 20.9 Å². The molecule has 1 aromatic heterocycles. The number of ketones is 1. The van der Waals surface area contributed by atoms with Gasteiger partial charge in [0.15, 0.2) is 16.6 Å². The van der Waals surface area contributed by atoms with Gasteiger partial charge in [0, 0.05) is 17.0 Å². The fourth-order valence-electron chi connectivity index (χ4n) is 4.97. The molecule has 39 heavy (non-hydrogen) atoms. The number of carbonyl (C=O) groups is 2. The van der Waals surface area contributed by atoms with Crippen LogP contribution in [0.3, 0.4) is 0 Å². The van der Waals surface area contributed by atoms with Crippen molar-refractivity contribution in [3.63, 3.8) is 0 Å². The summed E-state index contributed by atoms with van der Waals surface area (Å²) in [6, 6.07) is 12.4. The van der Waals surface area contributed by atoms with Gasteiger partial charge in [-0.15, -0.1) is 0 Å². The Kier molecular flexibility index (Phi) is 6.28. The number of rotatable bonds is 4. The van der Waals surface area contributed by atoms with Crippen molar-refractivity contribution in [2.45, 2.75) is 25.5 Å². The molecule has 11 heteroatoms. The van der Waals surface area contributed by atoms with Gasteiger partial charge in [-0.05, 0) is 82.5 Å². The summed E-state index contributed by atoms with van der Waals surface area (Å²) in [5.74, 6) is -1.31. The van der Waals surface area contributed by atoms with Crippen LogP contribution >= 0.6 is 38.9 Å². The number of hydrogen-bond donors (Lipinski definition) is 2. The van der Waals surface area contributed by atoms with Crippen LogP contribution in [0.25, 0.3) is 16.0 Å². The number of Topliss-reactive ketones (excluding diaryl/α,β-unsaturated/α-hetero) is 1. The van der Waals surface area contributed by atoms with Crippen LogP contribution in [0.1, 0.15) is 29.7 Å². The molecule has 2 aliphatic heterocycles. The Morgan fingerprint density at radius 2 is 2.00 bits per heavy atom. The summed E-state index contributed by atoms with van der Waals surface area (Å²) in [5, 5.41) is 22.7. The number of amides is 1. The Morgan fingerprint density at radius 1 is 1.21 bits per heavy atom. The van der Waals surface area contributed by atoms with Crippen LogP contribution in [0, 0.1) is 0 Å². The molecular formula is C28H20BrClN2O6S. The van der Waals surface area contributed by atoms with Crippen LogP contribution in [0.4, 0.5) is 5.13 Å². The summed E-state index contributed by atoms with van der Waals surface area (Å²) in [6.07, 6.45) is 0.655. The van der Waals surface area contributed by atoms with Gasteiger partial charge in [-0.25, -0.2) is 4.98 Å². The number of anilines is 1. The summed E-state index contributed by atoms with van der Waals surface area (Å²) in [5.41, 5.74) is 2.21. The molecule has 1 saturated heterocycles. The number of hydrogen-bond acceptors (Lipinski definition) is 8. The minimum Gasteiger partial charge on any atom is -0.507 e. The molecule has 0 aliphatic carbocycles. The maximum Gasteiger partial charge on any atom is 0.301 e. The maximum absolute atomic E-state index is 13.6. The molecule has 0 radical (unpaired) electrons. The number of nitrogens with zero attached hydrogens (tertiary/aromatic N) is 2. The zero-order valence-electron chi connectivity index (χ0n) is 20.6. The van der Waals surface area contributed by atoms with Gasteiger partial charge in [-0.3, -0.25) is 14.5 Å². The smallest absolute Gasteiger partial charge is 0.301 e. The Balaban J connectivity index is 1.57. The van der Waals surface area contributed by atoms with E-state index in [1.54, 1.807) is 42.5 Å². The second kappa shape index (κ2) is 9.55. The third-order valence-electron chi connectivity index (χ3n) is 6.75. The van der Waals surface area contributed by atoms with Gasteiger partial charge in [0.05, 0.1) is 33.4 Å². The molecule has 8 nitrogen and oxygen atoms in total. The Hall–Kier alpha value is -3.60. The monoisotopic (exact) mass is 626 g/mol. The number of aliphatic hydroxyl groups excluding tert-OH is 1. The number of carbonyl (C=O) groups excluding carboxylic acids is 2. The van der Waals surface area contributed by atoms with Crippen molar-refractivity contribution < 1.29 is 29.3 Å². The fourth-order valence-corrected chi connectivity index (χ4v) is 6.69. The molecule has 2 unspecified atom stereocenters. The van der Waals surface area contributed by atoms with Gasteiger partial charge in [-0.1, -0.05) is 22.9 Å². The number of aromatic nitrogens is 1. The van der Waals surface area contributed by atoms with E-state index in [0.717, 1.165) is 16.0 Å². The van der Waals surface area contributed by atoms with Gasteiger partial charge in [-0.2, -0.15) is 0 Å². The largest absolute Gasteiger partial charge is 0.507 e. The standard InChI is InChI=1S/C28H20BrClN2O6S/c1-12-7-14-8-13(3-6-19(14)38-12)24(33)22-23(15-9-17(29)25(34)20(10-15)37-2)32(27(36)26(22)35)28-31-18-5-4-16(30)11-21(18)39-28/h3-6,8-12,23,33-34H,7H2,1-2H3/b24-22-. The van der Waals surface area contributed by atoms with E-state index in [1.165, 1.54) is 29.4 Å². The van der Waals surface area contributed by atoms with E-state index in [9.17, 15) is 19.8 Å². The Morgan fingerprint density at radius 3 is 2.77 bits per heavy atom. The van der Waals surface area contributed by atoms with Crippen LogP contribution in [0.15, 0.2) is 58.6 Å². The topological polar surface area (TPSA) is 109 Å². The van der Waals surface area contributed by atoms with Crippen molar-refractivity contribution in [2.24, 2.45) is 0 Å². The first-order valence-corrected chi connectivity index (χ1v) is 13.9. The van der Waals surface area contributed by atoms with E-state index in [4.69, 9.17) is 21.1 Å². The van der Waals surface area contributed by atoms with Crippen molar-refractivity contribution in [3.8, 4) is 17.2 Å². The molecule has 2 aliphatic rings. The van der Waals surface area contributed by atoms with Crippen molar-refractivity contribution in [1.29, 1.82) is 0 Å². The molecule has 6 rings (SSSR count). The minimum atomic E-state index is -1.06. The van der Waals surface area contributed by atoms with Crippen LogP contribution in [0.5, 0.6) is 17.2 Å². The summed E-state index contributed by atoms with van der Waals surface area (Å²) in [7, 11) is 1.40. The number of fused-ring (bicyclic) bond motifs is 2. The average molecular weight is 628 g/mol. The molecule has 3 heterocycles. The molecule has 2 N–H and O–H groups in total. The van der Waals surface area contributed by atoms with Crippen LogP contribution in [-0.4, -0.2) is 40.1 Å². The highest BCUT2D eigenvalue weighted by Crippen LogP contribution is 2.47. The van der Waals surface area contributed by atoms with Gasteiger partial charge >= 0.3 is 5.91 Å². The van der Waals surface area contributed by atoms with E-state index in [-0.39, 0.29) is 34.1 Å². The lowest BCUT2D eigenvalue weighted by molar-refractivity contribution is -0.132.